The molecule has 0 aliphatic rings. The first-order valence-electron chi connectivity index (χ1n) is 5.05. The predicted molar refractivity (Wildman–Crippen MR) is 64.0 cm³/mol. The molecule has 0 aromatic carbocycles. The molecular weight excluding hydrogens is 194 g/mol. The number of thioether (sulfide) groups is 1. The van der Waals surface area contributed by atoms with E-state index < -0.39 is 0 Å². The summed E-state index contributed by atoms with van der Waals surface area (Å²) in [6.07, 6.45) is 7.14. The van der Waals surface area contributed by atoms with Crippen LogP contribution in [0.25, 0.3) is 0 Å². The van der Waals surface area contributed by atoms with Gasteiger partial charge in [0.2, 0.25) is 5.95 Å². The van der Waals surface area contributed by atoms with Crippen LogP contribution >= 0.6 is 11.8 Å². The second-order valence-corrected chi connectivity index (χ2v) is 4.65. The van der Waals surface area contributed by atoms with Gasteiger partial charge in [0.15, 0.2) is 0 Å². The van der Waals surface area contributed by atoms with Crippen molar-refractivity contribution in [2.45, 2.75) is 32.1 Å². The fourth-order valence-corrected chi connectivity index (χ4v) is 1.47. The van der Waals surface area contributed by atoms with Gasteiger partial charge in [-0.3, -0.25) is 0 Å². The van der Waals surface area contributed by atoms with Crippen LogP contribution in [0.2, 0.25) is 0 Å². The van der Waals surface area contributed by atoms with E-state index in [0.717, 1.165) is 25.5 Å². The number of aryl methyl sites for hydroxylation is 1. The molecule has 0 aliphatic carbocycles. The number of nitrogens with one attached hydrogen (secondary N) is 1. The van der Waals surface area contributed by atoms with Crippen LogP contribution in [0.15, 0.2) is 12.4 Å². The SMILES string of the molecule is CCCn1ccnc1NCC(C)SC. The fraction of sp³-hybridized carbons (Fsp3) is 0.700. The molecule has 0 saturated heterocycles. The van der Waals surface area contributed by atoms with Crippen LogP contribution < -0.4 is 5.32 Å². The summed E-state index contributed by atoms with van der Waals surface area (Å²) in [6.45, 7) is 6.40. The van der Waals surface area contributed by atoms with Crippen LogP contribution in [-0.4, -0.2) is 27.6 Å². The monoisotopic (exact) mass is 213 g/mol. The minimum absolute atomic E-state index is 0.627. The van der Waals surface area contributed by atoms with Crippen LogP contribution in [0.5, 0.6) is 0 Å². The topological polar surface area (TPSA) is 29.9 Å². The van der Waals surface area contributed by atoms with Crippen LogP contribution in [0.3, 0.4) is 0 Å². The number of hydrogen-bond donors (Lipinski definition) is 1. The highest BCUT2D eigenvalue weighted by molar-refractivity contribution is 7.99. The molecule has 4 heteroatoms. The minimum atomic E-state index is 0.627. The van der Waals surface area contributed by atoms with Gasteiger partial charge < -0.3 is 9.88 Å². The summed E-state index contributed by atoms with van der Waals surface area (Å²) >= 11 is 1.87. The Morgan fingerprint density at radius 2 is 2.43 bits per heavy atom. The lowest BCUT2D eigenvalue weighted by Gasteiger charge is -2.11. The highest BCUT2D eigenvalue weighted by Crippen LogP contribution is 2.09. The molecular formula is C10H19N3S. The zero-order chi connectivity index (χ0) is 10.4. The van der Waals surface area contributed by atoms with Crippen molar-refractivity contribution in [3.05, 3.63) is 12.4 Å². The van der Waals surface area contributed by atoms with Crippen molar-refractivity contribution in [3.63, 3.8) is 0 Å². The van der Waals surface area contributed by atoms with E-state index in [1.54, 1.807) is 0 Å². The van der Waals surface area contributed by atoms with E-state index >= 15 is 0 Å². The normalized spacial score (nSPS) is 12.8. The van der Waals surface area contributed by atoms with Gasteiger partial charge in [-0.15, -0.1) is 0 Å². The number of imidazole rings is 1. The molecule has 0 saturated carbocycles. The van der Waals surface area contributed by atoms with E-state index in [4.69, 9.17) is 0 Å². The van der Waals surface area contributed by atoms with Gasteiger partial charge in [0.25, 0.3) is 0 Å². The minimum Gasteiger partial charge on any atom is -0.355 e. The average Bonchev–Trinajstić information content (AvgIpc) is 2.62. The molecule has 1 N–H and O–H groups in total. The molecule has 1 heterocycles. The molecule has 0 fully saturated rings. The zero-order valence-corrected chi connectivity index (χ0v) is 9.97. The molecule has 0 radical (unpaired) electrons. The fourth-order valence-electron chi connectivity index (χ4n) is 1.22. The molecule has 80 valence electrons. The smallest absolute Gasteiger partial charge is 0.202 e. The Morgan fingerprint density at radius 3 is 3.07 bits per heavy atom. The maximum absolute atomic E-state index is 4.28. The van der Waals surface area contributed by atoms with Gasteiger partial charge >= 0.3 is 0 Å². The molecule has 0 amide bonds. The summed E-state index contributed by atoms with van der Waals surface area (Å²) in [7, 11) is 0. The first-order valence-corrected chi connectivity index (χ1v) is 6.34. The lowest BCUT2D eigenvalue weighted by atomic mass is 10.4. The lowest BCUT2D eigenvalue weighted by molar-refractivity contribution is 0.682. The third-order valence-corrected chi connectivity index (χ3v) is 3.10. The van der Waals surface area contributed by atoms with Gasteiger partial charge in [-0.1, -0.05) is 13.8 Å². The van der Waals surface area contributed by atoms with Crippen LogP contribution in [0.4, 0.5) is 5.95 Å². The number of aromatic nitrogens is 2. The first kappa shape index (κ1) is 11.4. The molecule has 0 aliphatic heterocycles. The predicted octanol–water partition coefficient (Wildman–Crippen LogP) is 2.46. The Balaban J connectivity index is 2.45. The van der Waals surface area contributed by atoms with Crippen LogP contribution in [-0.2, 0) is 6.54 Å². The zero-order valence-electron chi connectivity index (χ0n) is 9.16. The van der Waals surface area contributed by atoms with Crippen LogP contribution in [0, 0.1) is 0 Å². The van der Waals surface area contributed by atoms with Crippen molar-refractivity contribution >= 4 is 17.7 Å². The first-order chi connectivity index (χ1) is 6.77. The van der Waals surface area contributed by atoms with Crippen molar-refractivity contribution in [2.75, 3.05) is 18.1 Å². The Morgan fingerprint density at radius 1 is 1.64 bits per heavy atom. The molecule has 14 heavy (non-hydrogen) atoms. The summed E-state index contributed by atoms with van der Waals surface area (Å²) in [5, 5.41) is 3.99. The van der Waals surface area contributed by atoms with Crippen molar-refractivity contribution < 1.29 is 0 Å². The highest BCUT2D eigenvalue weighted by Gasteiger charge is 2.03. The largest absolute Gasteiger partial charge is 0.355 e. The maximum atomic E-state index is 4.28. The summed E-state index contributed by atoms with van der Waals surface area (Å²) in [5.41, 5.74) is 0. The molecule has 0 bridgehead atoms. The number of anilines is 1. The Bertz CT molecular complexity index is 260. The molecule has 1 aromatic heterocycles. The van der Waals surface area contributed by atoms with Crippen molar-refractivity contribution in [1.29, 1.82) is 0 Å². The second-order valence-electron chi connectivity index (χ2n) is 3.37. The van der Waals surface area contributed by atoms with Gasteiger partial charge in [0, 0.05) is 30.7 Å². The quantitative estimate of drug-likeness (QED) is 0.787. The van der Waals surface area contributed by atoms with Gasteiger partial charge in [-0.2, -0.15) is 11.8 Å². The molecule has 1 unspecified atom stereocenters. The van der Waals surface area contributed by atoms with Gasteiger partial charge in [-0.25, -0.2) is 4.98 Å². The van der Waals surface area contributed by atoms with Gasteiger partial charge in [0.1, 0.15) is 0 Å². The van der Waals surface area contributed by atoms with E-state index in [1.165, 1.54) is 0 Å². The summed E-state index contributed by atoms with van der Waals surface area (Å²) < 4.78 is 2.16. The number of nitrogens with zero attached hydrogens (tertiary/aromatic N) is 2. The average molecular weight is 213 g/mol. The third-order valence-electron chi connectivity index (χ3n) is 2.13. The third kappa shape index (κ3) is 3.25. The number of rotatable bonds is 6. The summed E-state index contributed by atoms with van der Waals surface area (Å²) in [4.78, 5) is 4.28. The van der Waals surface area contributed by atoms with Crippen LogP contribution in [0.1, 0.15) is 20.3 Å². The molecule has 1 rings (SSSR count). The van der Waals surface area contributed by atoms with E-state index in [-0.39, 0.29) is 0 Å². The van der Waals surface area contributed by atoms with Crippen molar-refractivity contribution in [3.8, 4) is 0 Å². The molecule has 3 nitrogen and oxygen atoms in total. The lowest BCUT2D eigenvalue weighted by Crippen LogP contribution is -2.15. The van der Waals surface area contributed by atoms with E-state index in [1.807, 2.05) is 24.2 Å². The van der Waals surface area contributed by atoms with Crippen molar-refractivity contribution in [2.24, 2.45) is 0 Å². The standard InChI is InChI=1S/C10H19N3S/c1-4-6-13-7-5-11-10(13)12-8-9(2)14-3/h5,7,9H,4,6,8H2,1-3H3,(H,11,12). The number of hydrogen-bond acceptors (Lipinski definition) is 3. The second kappa shape index (κ2) is 5.96. The Labute approximate surface area is 90.3 Å². The van der Waals surface area contributed by atoms with E-state index in [2.05, 4.69) is 35.0 Å². The summed E-state index contributed by atoms with van der Waals surface area (Å²) in [6, 6.07) is 0. The molecule has 1 atom stereocenters. The molecule has 1 aromatic rings. The van der Waals surface area contributed by atoms with E-state index in [9.17, 15) is 0 Å². The Kier molecular flexibility index (Phi) is 4.87. The van der Waals surface area contributed by atoms with E-state index in [0.29, 0.717) is 5.25 Å². The highest BCUT2D eigenvalue weighted by atomic mass is 32.2. The molecule has 0 spiro atoms. The van der Waals surface area contributed by atoms with Gasteiger partial charge in [-0.05, 0) is 12.7 Å². The maximum Gasteiger partial charge on any atom is 0.202 e. The van der Waals surface area contributed by atoms with Crippen molar-refractivity contribution in [1.82, 2.24) is 9.55 Å². The summed E-state index contributed by atoms with van der Waals surface area (Å²) in [5.74, 6) is 0.993. The Hall–Kier alpha value is -0.640. The van der Waals surface area contributed by atoms with Gasteiger partial charge in [0.05, 0.1) is 0 Å².